The van der Waals surface area contributed by atoms with Gasteiger partial charge in [-0.2, -0.15) is 0 Å². The Morgan fingerprint density at radius 2 is 2.13 bits per heavy atom. The van der Waals surface area contributed by atoms with Crippen molar-refractivity contribution in [3.8, 4) is 0 Å². The molecule has 3 heteroatoms. The average Bonchev–Trinajstić information content (AvgIpc) is 2.65. The van der Waals surface area contributed by atoms with Crippen LogP contribution in [0.1, 0.15) is 31.6 Å². The van der Waals surface area contributed by atoms with Gasteiger partial charge < -0.3 is 10.1 Å². The molecule has 0 saturated carbocycles. The quantitative estimate of drug-likeness (QED) is 0.854. The first-order valence-corrected chi connectivity index (χ1v) is 6.53. The molecular weight excluding hydrogens is 206 g/mol. The van der Waals surface area contributed by atoms with Gasteiger partial charge in [0.2, 0.25) is 0 Å². The van der Waals surface area contributed by atoms with Gasteiger partial charge in [0.1, 0.15) is 0 Å². The van der Waals surface area contributed by atoms with Crippen molar-refractivity contribution in [1.82, 2.24) is 5.32 Å². The van der Waals surface area contributed by atoms with E-state index in [0.29, 0.717) is 18.2 Å². The summed E-state index contributed by atoms with van der Waals surface area (Å²) >= 11 is 1.82. The summed E-state index contributed by atoms with van der Waals surface area (Å²) in [5, 5.41) is 5.75. The summed E-state index contributed by atoms with van der Waals surface area (Å²) in [4.78, 5) is 1.42. The van der Waals surface area contributed by atoms with Crippen molar-refractivity contribution < 1.29 is 4.74 Å². The summed E-state index contributed by atoms with van der Waals surface area (Å²) in [6.45, 7) is 5.33. The van der Waals surface area contributed by atoms with E-state index < -0.39 is 0 Å². The van der Waals surface area contributed by atoms with E-state index in [9.17, 15) is 0 Å². The van der Waals surface area contributed by atoms with E-state index >= 15 is 0 Å². The van der Waals surface area contributed by atoms with Gasteiger partial charge >= 0.3 is 0 Å². The minimum atomic E-state index is 0.398. The van der Waals surface area contributed by atoms with Crippen LogP contribution in [0.2, 0.25) is 0 Å². The molecule has 2 nitrogen and oxygen atoms in total. The molecule has 1 aromatic rings. The third-order valence-electron chi connectivity index (χ3n) is 2.84. The Hall–Kier alpha value is -0.380. The van der Waals surface area contributed by atoms with Gasteiger partial charge in [-0.05, 0) is 38.1 Å². The molecule has 1 aromatic heterocycles. The molecule has 0 radical (unpaired) electrons. The molecule has 2 unspecified atom stereocenters. The van der Waals surface area contributed by atoms with Gasteiger partial charge in [0.05, 0.1) is 12.2 Å². The maximum absolute atomic E-state index is 5.72. The second kappa shape index (κ2) is 5.10. The number of nitrogens with one attached hydrogen (secondary N) is 1. The van der Waals surface area contributed by atoms with Gasteiger partial charge in [-0.15, -0.1) is 11.3 Å². The van der Waals surface area contributed by atoms with Gasteiger partial charge in [0.15, 0.2) is 0 Å². The van der Waals surface area contributed by atoms with Crippen LogP contribution in [0.15, 0.2) is 17.5 Å². The lowest BCUT2D eigenvalue weighted by Crippen LogP contribution is -2.40. The van der Waals surface area contributed by atoms with Crippen molar-refractivity contribution in [3.05, 3.63) is 22.4 Å². The molecule has 1 aliphatic rings. The number of hydrogen-bond acceptors (Lipinski definition) is 3. The fourth-order valence-electron chi connectivity index (χ4n) is 2.23. The highest BCUT2D eigenvalue weighted by Gasteiger charge is 2.23. The van der Waals surface area contributed by atoms with Crippen LogP contribution in [0.4, 0.5) is 0 Å². The maximum atomic E-state index is 5.72. The molecule has 2 heterocycles. The summed E-state index contributed by atoms with van der Waals surface area (Å²) in [6.07, 6.45) is 3.06. The fraction of sp³-hybridized carbons (Fsp3) is 0.667. The minimum absolute atomic E-state index is 0.398. The Balaban J connectivity index is 1.79. The van der Waals surface area contributed by atoms with Crippen LogP contribution in [0.5, 0.6) is 0 Å². The van der Waals surface area contributed by atoms with Gasteiger partial charge in [0, 0.05) is 17.5 Å². The normalized spacial score (nSPS) is 31.7. The third kappa shape index (κ3) is 3.30. The van der Waals surface area contributed by atoms with E-state index in [1.807, 2.05) is 11.3 Å². The van der Waals surface area contributed by atoms with Crippen LogP contribution in [0.25, 0.3) is 0 Å². The Morgan fingerprint density at radius 3 is 2.73 bits per heavy atom. The van der Waals surface area contributed by atoms with E-state index in [0.717, 1.165) is 19.4 Å². The largest absolute Gasteiger partial charge is 0.375 e. The van der Waals surface area contributed by atoms with Crippen molar-refractivity contribution in [2.45, 2.75) is 51.5 Å². The van der Waals surface area contributed by atoms with E-state index in [-0.39, 0.29) is 0 Å². The summed E-state index contributed by atoms with van der Waals surface area (Å²) in [7, 11) is 0. The van der Waals surface area contributed by atoms with Crippen LogP contribution in [-0.4, -0.2) is 18.2 Å². The predicted molar refractivity (Wildman–Crippen MR) is 64.2 cm³/mol. The van der Waals surface area contributed by atoms with Crippen LogP contribution in [0, 0.1) is 0 Å². The summed E-state index contributed by atoms with van der Waals surface area (Å²) in [5.74, 6) is 0. The first-order chi connectivity index (χ1) is 7.24. The smallest absolute Gasteiger partial charge is 0.0565 e. The highest BCUT2D eigenvalue weighted by molar-refractivity contribution is 7.09. The standard InChI is InChI=1S/C12H19NOS/c1-9-6-11(7-10(2)14-9)13-8-12-4-3-5-15-12/h3-5,9-11,13H,6-8H2,1-2H3. The number of ether oxygens (including phenoxy) is 1. The van der Waals surface area contributed by atoms with Crippen molar-refractivity contribution in [2.24, 2.45) is 0 Å². The predicted octanol–water partition coefficient (Wildman–Crippen LogP) is 2.79. The fourth-order valence-corrected chi connectivity index (χ4v) is 2.89. The zero-order valence-corrected chi connectivity index (χ0v) is 10.2. The highest BCUT2D eigenvalue weighted by atomic mass is 32.1. The lowest BCUT2D eigenvalue weighted by molar-refractivity contribution is -0.0422. The van der Waals surface area contributed by atoms with E-state index in [1.54, 1.807) is 0 Å². The molecule has 2 atom stereocenters. The van der Waals surface area contributed by atoms with Crippen molar-refractivity contribution >= 4 is 11.3 Å². The molecule has 1 aliphatic heterocycles. The molecule has 15 heavy (non-hydrogen) atoms. The van der Waals surface area contributed by atoms with E-state index in [1.165, 1.54) is 4.88 Å². The lowest BCUT2D eigenvalue weighted by atomic mass is 10.00. The van der Waals surface area contributed by atoms with Crippen molar-refractivity contribution in [2.75, 3.05) is 0 Å². The Bertz CT molecular complexity index is 276. The first-order valence-electron chi connectivity index (χ1n) is 5.65. The zero-order valence-electron chi connectivity index (χ0n) is 9.40. The summed E-state index contributed by atoms with van der Waals surface area (Å²) < 4.78 is 5.72. The number of rotatable bonds is 3. The van der Waals surface area contributed by atoms with Crippen LogP contribution < -0.4 is 5.32 Å². The topological polar surface area (TPSA) is 21.3 Å². The Morgan fingerprint density at radius 1 is 1.40 bits per heavy atom. The van der Waals surface area contributed by atoms with Crippen molar-refractivity contribution in [1.29, 1.82) is 0 Å². The molecule has 0 aromatic carbocycles. The molecule has 1 N–H and O–H groups in total. The van der Waals surface area contributed by atoms with Gasteiger partial charge in [-0.3, -0.25) is 0 Å². The molecule has 1 fully saturated rings. The Kier molecular flexibility index (Phi) is 3.78. The molecule has 84 valence electrons. The van der Waals surface area contributed by atoms with Crippen LogP contribution >= 0.6 is 11.3 Å². The summed E-state index contributed by atoms with van der Waals surface area (Å²) in [5.41, 5.74) is 0. The minimum Gasteiger partial charge on any atom is -0.375 e. The van der Waals surface area contributed by atoms with E-state index in [2.05, 4.69) is 36.7 Å². The molecule has 0 aliphatic carbocycles. The van der Waals surface area contributed by atoms with E-state index in [4.69, 9.17) is 4.74 Å². The van der Waals surface area contributed by atoms with Gasteiger partial charge in [-0.25, -0.2) is 0 Å². The highest BCUT2D eigenvalue weighted by Crippen LogP contribution is 2.19. The Labute approximate surface area is 95.6 Å². The van der Waals surface area contributed by atoms with Crippen LogP contribution in [0.3, 0.4) is 0 Å². The van der Waals surface area contributed by atoms with Gasteiger partial charge in [0.25, 0.3) is 0 Å². The van der Waals surface area contributed by atoms with Crippen LogP contribution in [-0.2, 0) is 11.3 Å². The zero-order chi connectivity index (χ0) is 10.7. The first kappa shape index (κ1) is 11.1. The third-order valence-corrected chi connectivity index (χ3v) is 3.72. The molecule has 0 bridgehead atoms. The van der Waals surface area contributed by atoms with Gasteiger partial charge in [-0.1, -0.05) is 6.07 Å². The second-order valence-corrected chi connectivity index (χ2v) is 5.42. The lowest BCUT2D eigenvalue weighted by Gasteiger charge is -2.32. The summed E-state index contributed by atoms with van der Waals surface area (Å²) in [6, 6.07) is 4.91. The number of hydrogen-bond donors (Lipinski definition) is 1. The number of thiophene rings is 1. The maximum Gasteiger partial charge on any atom is 0.0565 e. The molecule has 0 amide bonds. The SMILES string of the molecule is CC1CC(NCc2cccs2)CC(C)O1. The average molecular weight is 225 g/mol. The monoisotopic (exact) mass is 225 g/mol. The molecular formula is C12H19NOS. The molecule has 2 rings (SSSR count). The van der Waals surface area contributed by atoms with Crippen molar-refractivity contribution in [3.63, 3.8) is 0 Å². The molecule has 0 spiro atoms. The molecule has 1 saturated heterocycles. The second-order valence-electron chi connectivity index (χ2n) is 4.39.